The number of hydrogen-bond acceptors (Lipinski definition) is 3. The van der Waals surface area contributed by atoms with Crippen LogP contribution in [0.4, 0.5) is 4.79 Å². The van der Waals surface area contributed by atoms with Gasteiger partial charge < -0.3 is 15.0 Å². The minimum absolute atomic E-state index is 0.0835. The van der Waals surface area contributed by atoms with Gasteiger partial charge in [-0.2, -0.15) is 5.26 Å². The predicted octanol–water partition coefficient (Wildman–Crippen LogP) is 3.24. The van der Waals surface area contributed by atoms with Crippen molar-refractivity contribution in [3.8, 4) is 6.07 Å². The maximum absolute atomic E-state index is 12.6. The van der Waals surface area contributed by atoms with Crippen LogP contribution in [0.15, 0.2) is 30.3 Å². The van der Waals surface area contributed by atoms with Gasteiger partial charge in [0.05, 0.1) is 30.9 Å². The van der Waals surface area contributed by atoms with Crippen LogP contribution in [0.2, 0.25) is 0 Å². The van der Waals surface area contributed by atoms with Crippen LogP contribution in [0.25, 0.3) is 0 Å². The summed E-state index contributed by atoms with van der Waals surface area (Å²) in [6, 6.07) is 11.7. The predicted molar refractivity (Wildman–Crippen MR) is 88.8 cm³/mol. The average molecular weight is 315 g/mol. The molecule has 1 fully saturated rings. The van der Waals surface area contributed by atoms with Crippen molar-refractivity contribution in [3.05, 3.63) is 35.9 Å². The third-order valence-electron chi connectivity index (χ3n) is 4.42. The molecule has 5 heteroatoms. The molecule has 0 bridgehead atoms. The molecule has 124 valence electrons. The monoisotopic (exact) mass is 315 g/mol. The molecule has 0 spiro atoms. The first kappa shape index (κ1) is 17.3. The number of urea groups is 1. The lowest BCUT2D eigenvalue weighted by molar-refractivity contribution is -0.0874. The number of ether oxygens (including phenoxy) is 1. The molecule has 0 radical (unpaired) electrons. The highest BCUT2D eigenvalue weighted by Crippen LogP contribution is 2.23. The maximum Gasteiger partial charge on any atom is 0.318 e. The van der Waals surface area contributed by atoms with Crippen molar-refractivity contribution in [2.75, 3.05) is 19.7 Å². The summed E-state index contributed by atoms with van der Waals surface area (Å²) in [7, 11) is 0. The van der Waals surface area contributed by atoms with Gasteiger partial charge >= 0.3 is 6.03 Å². The van der Waals surface area contributed by atoms with E-state index in [9.17, 15) is 4.79 Å². The van der Waals surface area contributed by atoms with Crippen LogP contribution in [0.3, 0.4) is 0 Å². The molecule has 1 aromatic rings. The molecule has 1 aliphatic rings. The van der Waals surface area contributed by atoms with Crippen LogP contribution in [0, 0.1) is 11.3 Å². The van der Waals surface area contributed by atoms with Crippen molar-refractivity contribution in [2.45, 2.75) is 44.8 Å². The van der Waals surface area contributed by atoms with Crippen molar-refractivity contribution in [1.29, 1.82) is 5.26 Å². The number of carbonyl (C=O) groups is 1. The van der Waals surface area contributed by atoms with Crippen molar-refractivity contribution in [1.82, 2.24) is 10.2 Å². The summed E-state index contributed by atoms with van der Waals surface area (Å²) >= 11 is 0. The van der Waals surface area contributed by atoms with Crippen LogP contribution < -0.4 is 5.32 Å². The Hall–Kier alpha value is -2.06. The minimum atomic E-state index is -0.273. The summed E-state index contributed by atoms with van der Waals surface area (Å²) in [6.07, 6.45) is 1.89. The van der Waals surface area contributed by atoms with Gasteiger partial charge in [-0.3, -0.25) is 0 Å². The molecule has 1 N–H and O–H groups in total. The van der Waals surface area contributed by atoms with Gasteiger partial charge in [0.2, 0.25) is 0 Å². The van der Waals surface area contributed by atoms with E-state index in [1.165, 1.54) is 0 Å². The number of amides is 2. The molecule has 0 aliphatic carbocycles. The lowest BCUT2D eigenvalue weighted by Gasteiger charge is -2.40. The third-order valence-corrected chi connectivity index (χ3v) is 4.42. The minimum Gasteiger partial charge on any atom is -0.372 e. The molecule has 0 unspecified atom stereocenters. The first-order chi connectivity index (χ1) is 11.1. The van der Waals surface area contributed by atoms with Gasteiger partial charge in [-0.25, -0.2) is 4.79 Å². The molecule has 1 saturated heterocycles. The summed E-state index contributed by atoms with van der Waals surface area (Å²) in [5, 5.41) is 11.9. The topological polar surface area (TPSA) is 65.4 Å². The normalized spacial score (nSPS) is 22.2. The number of nitrogens with one attached hydrogen (secondary N) is 1. The fourth-order valence-electron chi connectivity index (χ4n) is 2.77. The molecular formula is C18H25N3O2. The Bertz CT molecular complexity index is 555. The van der Waals surface area contributed by atoms with Crippen LogP contribution in [0.5, 0.6) is 0 Å². The summed E-state index contributed by atoms with van der Waals surface area (Å²) in [5.41, 5.74) is 0.757. The van der Waals surface area contributed by atoms with Gasteiger partial charge in [0, 0.05) is 13.0 Å². The number of rotatable bonds is 5. The lowest BCUT2D eigenvalue weighted by Crippen LogP contribution is -2.54. The number of benzene rings is 1. The Morgan fingerprint density at radius 1 is 1.48 bits per heavy atom. The molecule has 5 nitrogen and oxygen atoms in total. The molecule has 1 aromatic carbocycles. The van der Waals surface area contributed by atoms with E-state index in [1.54, 1.807) is 0 Å². The Morgan fingerprint density at radius 3 is 2.87 bits per heavy atom. The van der Waals surface area contributed by atoms with Gasteiger partial charge in [0.25, 0.3) is 0 Å². The molecule has 0 aromatic heterocycles. The number of carbonyl (C=O) groups excluding carboxylic acids is 1. The average Bonchev–Trinajstić information content (AvgIpc) is 2.59. The number of nitriles is 1. The maximum atomic E-state index is 12.6. The van der Waals surface area contributed by atoms with E-state index in [2.05, 4.69) is 18.3 Å². The summed E-state index contributed by atoms with van der Waals surface area (Å²) < 4.78 is 5.78. The van der Waals surface area contributed by atoms with Crippen LogP contribution in [0.1, 0.15) is 44.7 Å². The SMILES string of the molecule is CC[C@@]1(C)CN(C(=O)N[C@@H](CCC#N)c2ccccc2)CCO1. The second-order valence-corrected chi connectivity index (χ2v) is 6.18. The number of hydrogen-bond donors (Lipinski definition) is 1. The van der Waals surface area contributed by atoms with Crippen LogP contribution in [-0.4, -0.2) is 36.2 Å². The van der Waals surface area contributed by atoms with E-state index in [0.717, 1.165) is 12.0 Å². The highest BCUT2D eigenvalue weighted by Gasteiger charge is 2.33. The summed E-state index contributed by atoms with van der Waals surface area (Å²) in [4.78, 5) is 14.4. The van der Waals surface area contributed by atoms with Gasteiger partial charge in [0.15, 0.2) is 0 Å². The Kier molecular flexibility index (Phi) is 6.00. The van der Waals surface area contributed by atoms with Crippen molar-refractivity contribution >= 4 is 6.03 Å². The molecule has 2 rings (SSSR count). The molecule has 2 atom stereocenters. The van der Waals surface area contributed by atoms with Crippen LogP contribution in [-0.2, 0) is 4.74 Å². The first-order valence-electron chi connectivity index (χ1n) is 8.19. The highest BCUT2D eigenvalue weighted by atomic mass is 16.5. The highest BCUT2D eigenvalue weighted by molar-refractivity contribution is 5.75. The van der Waals surface area contributed by atoms with E-state index in [0.29, 0.717) is 32.5 Å². The molecular weight excluding hydrogens is 290 g/mol. The lowest BCUT2D eigenvalue weighted by atomic mass is 10.0. The summed E-state index contributed by atoms with van der Waals surface area (Å²) in [6.45, 7) is 5.86. The van der Waals surface area contributed by atoms with E-state index in [-0.39, 0.29) is 17.7 Å². The Morgan fingerprint density at radius 2 is 2.22 bits per heavy atom. The fourth-order valence-corrected chi connectivity index (χ4v) is 2.77. The Labute approximate surface area is 138 Å². The number of nitrogens with zero attached hydrogens (tertiary/aromatic N) is 2. The van der Waals surface area contributed by atoms with Gasteiger partial charge in [0.1, 0.15) is 0 Å². The quantitative estimate of drug-likeness (QED) is 0.907. The van der Waals surface area contributed by atoms with Crippen molar-refractivity contribution < 1.29 is 9.53 Å². The van der Waals surface area contributed by atoms with Crippen molar-refractivity contribution in [2.24, 2.45) is 0 Å². The molecule has 23 heavy (non-hydrogen) atoms. The zero-order valence-corrected chi connectivity index (χ0v) is 13.9. The zero-order valence-electron chi connectivity index (χ0n) is 13.9. The fraction of sp³-hybridized carbons (Fsp3) is 0.556. The summed E-state index contributed by atoms with van der Waals surface area (Å²) in [5.74, 6) is 0. The first-order valence-corrected chi connectivity index (χ1v) is 8.19. The Balaban J connectivity index is 2.04. The van der Waals surface area contributed by atoms with E-state index in [1.807, 2.05) is 42.2 Å². The molecule has 1 aliphatic heterocycles. The molecule has 2 amide bonds. The van der Waals surface area contributed by atoms with E-state index in [4.69, 9.17) is 10.00 Å². The third kappa shape index (κ3) is 4.70. The van der Waals surface area contributed by atoms with Gasteiger partial charge in [-0.1, -0.05) is 37.3 Å². The standard InChI is InChI=1S/C18H25N3O2/c1-3-18(2)14-21(12-13-23-18)17(22)20-16(10-7-11-19)15-8-5-4-6-9-15/h4-6,8-9,16H,3,7,10,12-14H2,1-2H3,(H,20,22)/t16-,18-/m0/s1. The van der Waals surface area contributed by atoms with E-state index < -0.39 is 0 Å². The van der Waals surface area contributed by atoms with E-state index >= 15 is 0 Å². The largest absolute Gasteiger partial charge is 0.372 e. The molecule has 1 heterocycles. The molecule has 0 saturated carbocycles. The smallest absolute Gasteiger partial charge is 0.318 e. The second-order valence-electron chi connectivity index (χ2n) is 6.18. The van der Waals surface area contributed by atoms with Crippen LogP contribution >= 0.6 is 0 Å². The zero-order chi connectivity index (χ0) is 16.7. The van der Waals surface area contributed by atoms with Crippen molar-refractivity contribution in [3.63, 3.8) is 0 Å². The number of morpholine rings is 1. The van der Waals surface area contributed by atoms with Gasteiger partial charge in [-0.05, 0) is 25.3 Å². The van der Waals surface area contributed by atoms with Gasteiger partial charge in [-0.15, -0.1) is 0 Å². The second kappa shape index (κ2) is 7.98.